The lowest BCUT2D eigenvalue weighted by Gasteiger charge is -2.34. The van der Waals surface area contributed by atoms with Crippen molar-refractivity contribution in [1.82, 2.24) is 14.7 Å². The van der Waals surface area contributed by atoms with Crippen LogP contribution in [0.15, 0.2) is 54.7 Å². The number of aromatic nitrogens is 2. The number of piperidine rings is 1. The number of likely N-dealkylation sites (tertiary alicyclic amines) is 1. The van der Waals surface area contributed by atoms with Crippen molar-refractivity contribution in [1.29, 1.82) is 0 Å². The molecule has 2 fully saturated rings. The van der Waals surface area contributed by atoms with Gasteiger partial charge in [-0.15, -0.1) is 0 Å². The maximum atomic E-state index is 13.8. The molecule has 0 radical (unpaired) electrons. The fraction of sp³-hybridized carbons (Fsp3) is 0.385. The highest BCUT2D eigenvalue weighted by Gasteiger charge is 2.34. The molecule has 2 aliphatic heterocycles. The highest BCUT2D eigenvalue weighted by molar-refractivity contribution is 6.00. The molecule has 0 saturated carbocycles. The van der Waals surface area contributed by atoms with Gasteiger partial charge in [0.15, 0.2) is 6.29 Å². The maximum absolute atomic E-state index is 13.8. The van der Waals surface area contributed by atoms with Gasteiger partial charge in [-0.05, 0) is 44.0 Å². The van der Waals surface area contributed by atoms with E-state index in [1.54, 1.807) is 11.8 Å². The summed E-state index contributed by atoms with van der Waals surface area (Å²) in [4.78, 5) is 15.7. The average Bonchev–Trinajstić information content (AvgIpc) is 3.55. The number of methoxy groups -OCH3 is 1. The molecule has 0 aliphatic carbocycles. The summed E-state index contributed by atoms with van der Waals surface area (Å²) in [7, 11) is 1.64. The Balaban J connectivity index is 1.50. The normalized spacial score (nSPS) is 19.1. The van der Waals surface area contributed by atoms with Crippen molar-refractivity contribution < 1.29 is 19.0 Å². The fourth-order valence-electron chi connectivity index (χ4n) is 4.58. The second kappa shape index (κ2) is 9.37. The van der Waals surface area contributed by atoms with E-state index >= 15 is 0 Å². The molecule has 1 unspecified atom stereocenters. The summed E-state index contributed by atoms with van der Waals surface area (Å²) in [6, 6.07) is 15.8. The highest BCUT2D eigenvalue weighted by Crippen LogP contribution is 2.30. The summed E-state index contributed by atoms with van der Waals surface area (Å²) >= 11 is 0. The van der Waals surface area contributed by atoms with E-state index in [1.165, 1.54) is 5.56 Å². The molecule has 3 heterocycles. The van der Waals surface area contributed by atoms with E-state index in [4.69, 9.17) is 19.3 Å². The molecule has 1 atom stereocenters. The molecule has 2 saturated heterocycles. The number of hydrogen-bond donors (Lipinski definition) is 0. The number of hydrogen-bond acceptors (Lipinski definition) is 5. The zero-order chi connectivity index (χ0) is 22.8. The number of amides is 1. The van der Waals surface area contributed by atoms with Crippen LogP contribution in [-0.2, 0) is 9.47 Å². The molecule has 7 nitrogen and oxygen atoms in total. The number of aryl methyl sites for hydroxylation is 1. The third kappa shape index (κ3) is 4.51. The Bertz CT molecular complexity index is 1120. The third-order valence-corrected chi connectivity index (χ3v) is 6.36. The largest absolute Gasteiger partial charge is 0.497 e. The number of rotatable bonds is 5. The van der Waals surface area contributed by atoms with Gasteiger partial charge in [-0.25, -0.2) is 4.68 Å². The molecule has 33 heavy (non-hydrogen) atoms. The van der Waals surface area contributed by atoms with Crippen LogP contribution in [0.4, 0.5) is 0 Å². The Morgan fingerprint density at radius 3 is 2.67 bits per heavy atom. The summed E-state index contributed by atoms with van der Waals surface area (Å²) in [5.41, 5.74) is 4.16. The van der Waals surface area contributed by atoms with E-state index in [-0.39, 0.29) is 18.1 Å². The zero-order valence-corrected chi connectivity index (χ0v) is 19.1. The molecular weight excluding hydrogens is 418 g/mol. The van der Waals surface area contributed by atoms with Gasteiger partial charge in [-0.3, -0.25) is 4.79 Å². The van der Waals surface area contributed by atoms with Gasteiger partial charge in [-0.1, -0.05) is 29.8 Å². The standard InChI is InChI=1S/C26H29N3O4/c1-18-8-10-21(11-9-18)29-17-23(24(27-29)19-5-3-7-22(15-19)31-2)25(30)28-12-4-6-20(16-28)26-32-13-14-33-26/h3,5,7-11,15,17,20,26H,4,6,12-14,16H2,1-2H3. The van der Waals surface area contributed by atoms with Gasteiger partial charge >= 0.3 is 0 Å². The van der Waals surface area contributed by atoms with Gasteiger partial charge in [-0.2, -0.15) is 5.10 Å². The van der Waals surface area contributed by atoms with E-state index in [0.717, 1.165) is 36.4 Å². The van der Waals surface area contributed by atoms with Crippen molar-refractivity contribution in [2.75, 3.05) is 33.4 Å². The number of carbonyl (C=O) groups excluding carboxylic acids is 1. The fourth-order valence-corrected chi connectivity index (χ4v) is 4.58. The van der Waals surface area contributed by atoms with E-state index in [9.17, 15) is 4.79 Å². The van der Waals surface area contributed by atoms with Crippen LogP contribution in [0.3, 0.4) is 0 Å². The monoisotopic (exact) mass is 447 g/mol. The highest BCUT2D eigenvalue weighted by atomic mass is 16.7. The molecule has 1 aromatic heterocycles. The second-order valence-electron chi connectivity index (χ2n) is 8.67. The number of ether oxygens (including phenoxy) is 3. The molecule has 0 spiro atoms. The minimum Gasteiger partial charge on any atom is -0.497 e. The smallest absolute Gasteiger partial charge is 0.257 e. The van der Waals surface area contributed by atoms with Gasteiger partial charge in [0.1, 0.15) is 11.4 Å². The first-order valence-corrected chi connectivity index (χ1v) is 11.5. The molecule has 172 valence electrons. The first-order valence-electron chi connectivity index (χ1n) is 11.5. The minimum absolute atomic E-state index is 0.0196. The summed E-state index contributed by atoms with van der Waals surface area (Å²) in [5.74, 6) is 0.899. The SMILES string of the molecule is COc1cccc(-c2nn(-c3ccc(C)cc3)cc2C(=O)N2CCCC(C3OCCO3)C2)c1. The lowest BCUT2D eigenvalue weighted by Crippen LogP contribution is -2.43. The van der Waals surface area contributed by atoms with Crippen LogP contribution in [0.1, 0.15) is 28.8 Å². The predicted molar refractivity (Wildman–Crippen MR) is 125 cm³/mol. The van der Waals surface area contributed by atoms with E-state index in [1.807, 2.05) is 66.6 Å². The van der Waals surface area contributed by atoms with Crippen LogP contribution in [0, 0.1) is 12.8 Å². The maximum Gasteiger partial charge on any atom is 0.257 e. The van der Waals surface area contributed by atoms with Crippen molar-refractivity contribution in [3.8, 4) is 22.7 Å². The van der Waals surface area contributed by atoms with Gasteiger partial charge in [0, 0.05) is 30.8 Å². The van der Waals surface area contributed by atoms with Crippen LogP contribution in [0.25, 0.3) is 16.9 Å². The molecule has 2 aliphatic rings. The van der Waals surface area contributed by atoms with E-state index < -0.39 is 0 Å². The summed E-state index contributed by atoms with van der Waals surface area (Å²) in [5, 5.41) is 4.83. The van der Waals surface area contributed by atoms with Crippen LogP contribution in [0.2, 0.25) is 0 Å². The van der Waals surface area contributed by atoms with Crippen molar-refractivity contribution in [2.45, 2.75) is 26.1 Å². The van der Waals surface area contributed by atoms with Crippen LogP contribution >= 0.6 is 0 Å². The molecule has 7 heteroatoms. The molecule has 3 aromatic rings. The van der Waals surface area contributed by atoms with Crippen molar-refractivity contribution >= 4 is 5.91 Å². The number of benzene rings is 2. The second-order valence-corrected chi connectivity index (χ2v) is 8.67. The lowest BCUT2D eigenvalue weighted by atomic mass is 9.96. The van der Waals surface area contributed by atoms with Crippen LogP contribution < -0.4 is 4.74 Å². The van der Waals surface area contributed by atoms with Gasteiger partial charge < -0.3 is 19.1 Å². The minimum atomic E-state index is -0.214. The quantitative estimate of drug-likeness (QED) is 0.590. The Morgan fingerprint density at radius 2 is 1.91 bits per heavy atom. The number of nitrogens with zero attached hydrogens (tertiary/aromatic N) is 3. The van der Waals surface area contributed by atoms with Crippen LogP contribution in [-0.4, -0.2) is 60.3 Å². The molecular formula is C26H29N3O4. The predicted octanol–water partition coefficient (Wildman–Crippen LogP) is 4.08. The van der Waals surface area contributed by atoms with Crippen molar-refractivity contribution in [3.05, 3.63) is 65.9 Å². The third-order valence-electron chi connectivity index (χ3n) is 6.36. The van der Waals surface area contributed by atoms with Crippen molar-refractivity contribution in [2.24, 2.45) is 5.92 Å². The summed E-state index contributed by atoms with van der Waals surface area (Å²) in [6.45, 7) is 4.64. The van der Waals surface area contributed by atoms with Gasteiger partial charge in [0.2, 0.25) is 0 Å². The van der Waals surface area contributed by atoms with Gasteiger partial charge in [0.25, 0.3) is 5.91 Å². The zero-order valence-electron chi connectivity index (χ0n) is 19.1. The van der Waals surface area contributed by atoms with Gasteiger partial charge in [0.05, 0.1) is 31.6 Å². The first-order chi connectivity index (χ1) is 16.1. The molecule has 1 amide bonds. The van der Waals surface area contributed by atoms with E-state index in [2.05, 4.69) is 0 Å². The molecule has 5 rings (SSSR count). The Kier molecular flexibility index (Phi) is 6.15. The molecule has 0 N–H and O–H groups in total. The molecule has 2 aromatic carbocycles. The lowest BCUT2D eigenvalue weighted by molar-refractivity contribution is -0.0969. The summed E-state index contributed by atoms with van der Waals surface area (Å²) in [6.07, 6.45) is 3.56. The van der Waals surface area contributed by atoms with E-state index in [0.29, 0.717) is 31.0 Å². The Hall–Kier alpha value is -3.16. The number of carbonyl (C=O) groups is 1. The topological polar surface area (TPSA) is 65.8 Å². The van der Waals surface area contributed by atoms with Crippen LogP contribution in [0.5, 0.6) is 5.75 Å². The summed E-state index contributed by atoms with van der Waals surface area (Å²) < 4.78 is 18.6. The Morgan fingerprint density at radius 1 is 1.12 bits per heavy atom. The Labute approximate surface area is 193 Å². The van der Waals surface area contributed by atoms with Crippen molar-refractivity contribution in [3.63, 3.8) is 0 Å². The molecule has 0 bridgehead atoms. The average molecular weight is 448 g/mol. The first kappa shape index (κ1) is 21.7.